The summed E-state index contributed by atoms with van der Waals surface area (Å²) in [4.78, 5) is 56.5. The molecular weight excluding hydrogens is 622 g/mol. The number of para-hydroxylation sites is 1. The zero-order chi connectivity index (χ0) is 35.1. The van der Waals surface area contributed by atoms with Gasteiger partial charge in [-0.05, 0) is 74.9 Å². The molecule has 0 bridgehead atoms. The second-order valence-electron chi connectivity index (χ2n) is 13.2. The third-order valence-corrected chi connectivity index (χ3v) is 9.25. The van der Waals surface area contributed by atoms with E-state index in [1.54, 1.807) is 37.8 Å². The van der Waals surface area contributed by atoms with Crippen LogP contribution < -0.4 is 20.7 Å². The molecule has 2 atom stereocenters. The first-order valence-electron chi connectivity index (χ1n) is 16.9. The molecular formula is C38H47N5O6. The highest BCUT2D eigenvalue weighted by molar-refractivity contribution is 6.07. The summed E-state index contributed by atoms with van der Waals surface area (Å²) in [6.45, 7) is 8.03. The van der Waals surface area contributed by atoms with E-state index in [1.807, 2.05) is 67.6 Å². The smallest absolute Gasteiger partial charge is 0.328 e. The van der Waals surface area contributed by atoms with Crippen molar-refractivity contribution in [2.45, 2.75) is 77.5 Å². The van der Waals surface area contributed by atoms with Gasteiger partial charge in [0, 0.05) is 24.8 Å². The van der Waals surface area contributed by atoms with Crippen molar-refractivity contribution in [3.63, 3.8) is 0 Å². The summed E-state index contributed by atoms with van der Waals surface area (Å²) in [6.07, 6.45) is 2.95. The van der Waals surface area contributed by atoms with Gasteiger partial charge in [0.05, 0.1) is 31.9 Å². The highest BCUT2D eigenvalue weighted by atomic mass is 16.5. The van der Waals surface area contributed by atoms with Crippen molar-refractivity contribution in [1.82, 2.24) is 15.1 Å². The Balaban J connectivity index is 1.31. The summed E-state index contributed by atoms with van der Waals surface area (Å²) in [5.74, 6) is 0.295. The van der Waals surface area contributed by atoms with Gasteiger partial charge in [-0.15, -0.1) is 0 Å². The Morgan fingerprint density at radius 1 is 0.959 bits per heavy atom. The topological polar surface area (TPSA) is 129 Å². The van der Waals surface area contributed by atoms with Gasteiger partial charge in [0.1, 0.15) is 11.3 Å². The Morgan fingerprint density at radius 3 is 2.33 bits per heavy atom. The molecule has 0 unspecified atom stereocenters. The maximum atomic E-state index is 14.2. The summed E-state index contributed by atoms with van der Waals surface area (Å²) in [5.41, 5.74) is 2.68. The van der Waals surface area contributed by atoms with Crippen molar-refractivity contribution in [1.29, 1.82) is 0 Å². The van der Waals surface area contributed by atoms with Crippen molar-refractivity contribution in [3.8, 4) is 5.75 Å². The van der Waals surface area contributed by atoms with Crippen molar-refractivity contribution in [2.24, 2.45) is 5.92 Å². The van der Waals surface area contributed by atoms with Gasteiger partial charge < -0.3 is 30.3 Å². The fraction of sp³-hybridized carbons (Fsp3) is 0.421. The summed E-state index contributed by atoms with van der Waals surface area (Å²) in [5, 5.41) is 9.19. The lowest BCUT2D eigenvalue weighted by molar-refractivity contribution is -0.144. The van der Waals surface area contributed by atoms with E-state index in [0.717, 1.165) is 29.5 Å². The number of esters is 1. The number of urea groups is 2. The number of carbonyl (C=O) groups excluding carboxylic acids is 4. The Morgan fingerprint density at radius 2 is 1.65 bits per heavy atom. The summed E-state index contributed by atoms with van der Waals surface area (Å²) in [6, 6.07) is 21.0. The van der Waals surface area contributed by atoms with Crippen LogP contribution in [0.5, 0.6) is 5.75 Å². The molecule has 3 aromatic rings. The van der Waals surface area contributed by atoms with Crippen LogP contribution in [0.3, 0.4) is 0 Å². The van der Waals surface area contributed by atoms with Crippen LogP contribution in [0.1, 0.15) is 69.2 Å². The maximum Gasteiger partial charge on any atom is 0.328 e. The number of hydrogen-bond acceptors (Lipinski definition) is 7. The largest absolute Gasteiger partial charge is 0.495 e. The number of anilines is 2. The quantitative estimate of drug-likeness (QED) is 0.122. The van der Waals surface area contributed by atoms with Gasteiger partial charge in [0.15, 0.2) is 0 Å². The Kier molecular flexibility index (Phi) is 11.2. The monoisotopic (exact) mass is 669 g/mol. The summed E-state index contributed by atoms with van der Waals surface area (Å²) < 4.78 is 10.8. The second kappa shape index (κ2) is 15.5. The van der Waals surface area contributed by atoms with Gasteiger partial charge in [-0.3, -0.25) is 14.5 Å². The minimum Gasteiger partial charge on any atom is -0.495 e. The van der Waals surface area contributed by atoms with Gasteiger partial charge in [-0.25, -0.2) is 9.59 Å². The number of aryl methyl sites for hydroxylation is 1. The molecule has 49 heavy (non-hydrogen) atoms. The lowest BCUT2D eigenvalue weighted by Gasteiger charge is -2.29. The highest BCUT2D eigenvalue weighted by Gasteiger charge is 2.53. The SMILES string of the molecule is CCOC(=O)C[C@H](NC[C@H](CC1CC1)N1C(=O)N(Cc2ccc(NC(=O)Nc3ccccc3C)c(OC)c2)C(C)(C)C1=O)c1ccccc1. The number of amides is 5. The number of hydrogen-bond donors (Lipinski definition) is 3. The van der Waals surface area contributed by atoms with Crippen molar-refractivity contribution in [2.75, 3.05) is 30.9 Å². The van der Waals surface area contributed by atoms with Crippen LogP contribution >= 0.6 is 0 Å². The van der Waals surface area contributed by atoms with Gasteiger partial charge >= 0.3 is 18.0 Å². The van der Waals surface area contributed by atoms with E-state index in [0.29, 0.717) is 42.6 Å². The zero-order valence-electron chi connectivity index (χ0n) is 29.0. The van der Waals surface area contributed by atoms with Gasteiger partial charge in [-0.1, -0.05) is 67.4 Å². The molecule has 3 aromatic carbocycles. The van der Waals surface area contributed by atoms with E-state index < -0.39 is 17.6 Å². The van der Waals surface area contributed by atoms with Crippen LogP contribution in [0, 0.1) is 12.8 Å². The molecule has 0 spiro atoms. The van der Waals surface area contributed by atoms with Crippen LogP contribution in [0.15, 0.2) is 72.8 Å². The molecule has 1 aliphatic heterocycles. The van der Waals surface area contributed by atoms with Gasteiger partial charge in [-0.2, -0.15) is 0 Å². The molecule has 2 fully saturated rings. The lowest BCUT2D eigenvalue weighted by atomic mass is 10.0. The van der Waals surface area contributed by atoms with Crippen LogP contribution in [-0.4, -0.2) is 65.6 Å². The minimum absolute atomic E-state index is 0.133. The molecule has 0 aromatic heterocycles. The van der Waals surface area contributed by atoms with Gasteiger partial charge in [0.25, 0.3) is 5.91 Å². The van der Waals surface area contributed by atoms with E-state index in [9.17, 15) is 19.2 Å². The Labute approximate surface area is 288 Å². The summed E-state index contributed by atoms with van der Waals surface area (Å²) >= 11 is 0. The molecule has 1 heterocycles. The Bertz CT molecular complexity index is 1660. The normalized spacial score (nSPS) is 16.7. The summed E-state index contributed by atoms with van der Waals surface area (Å²) in [7, 11) is 1.51. The zero-order valence-corrected chi connectivity index (χ0v) is 29.0. The van der Waals surface area contributed by atoms with Crippen LogP contribution in [0.2, 0.25) is 0 Å². The average Bonchev–Trinajstić information content (AvgIpc) is 3.89. The van der Waals surface area contributed by atoms with E-state index in [-0.39, 0.29) is 36.9 Å². The molecule has 1 saturated carbocycles. The number of benzene rings is 3. The molecule has 260 valence electrons. The molecule has 5 amide bonds. The van der Waals surface area contributed by atoms with Crippen LogP contribution in [-0.2, 0) is 20.9 Å². The second-order valence-corrected chi connectivity index (χ2v) is 13.2. The van der Waals surface area contributed by atoms with E-state index in [2.05, 4.69) is 16.0 Å². The van der Waals surface area contributed by atoms with E-state index >= 15 is 0 Å². The average molecular weight is 670 g/mol. The number of carbonyl (C=O) groups is 4. The predicted molar refractivity (Wildman–Crippen MR) is 188 cm³/mol. The highest BCUT2D eigenvalue weighted by Crippen LogP contribution is 2.39. The van der Waals surface area contributed by atoms with Crippen molar-refractivity contribution in [3.05, 3.63) is 89.5 Å². The van der Waals surface area contributed by atoms with Gasteiger partial charge in [0.2, 0.25) is 0 Å². The van der Waals surface area contributed by atoms with E-state index in [4.69, 9.17) is 9.47 Å². The number of imide groups is 1. The molecule has 5 rings (SSSR count). The molecule has 1 aliphatic carbocycles. The molecule has 1 saturated heterocycles. The number of nitrogens with zero attached hydrogens (tertiary/aromatic N) is 2. The van der Waals surface area contributed by atoms with Crippen LogP contribution in [0.25, 0.3) is 0 Å². The van der Waals surface area contributed by atoms with Crippen molar-refractivity contribution < 1.29 is 28.7 Å². The Hall–Kier alpha value is -4.90. The molecule has 2 aliphatic rings. The maximum absolute atomic E-state index is 14.2. The predicted octanol–water partition coefficient (Wildman–Crippen LogP) is 6.64. The number of nitrogens with one attached hydrogen (secondary N) is 3. The van der Waals surface area contributed by atoms with Crippen LogP contribution in [0.4, 0.5) is 21.0 Å². The van der Waals surface area contributed by atoms with E-state index in [1.165, 1.54) is 12.0 Å². The lowest BCUT2D eigenvalue weighted by Crippen LogP contribution is -2.48. The standard InChI is InChI=1S/C38H47N5O6/c1-6-49-34(44)22-32(28-13-8-7-9-14-28)39-23-29(20-26-16-17-26)43-35(45)38(3,4)42(37(43)47)24-27-18-19-31(33(21-27)48-5)41-36(46)40-30-15-11-10-12-25(30)2/h7-15,18-19,21,26,29,32,39H,6,16-17,20,22-24H2,1-5H3,(H2,40,41,46)/t29-,32-/m0/s1. The molecule has 11 nitrogen and oxygen atoms in total. The fourth-order valence-electron chi connectivity index (χ4n) is 6.24. The first kappa shape index (κ1) is 35.4. The third kappa shape index (κ3) is 8.58. The minimum atomic E-state index is -1.10. The first-order chi connectivity index (χ1) is 23.5. The number of rotatable bonds is 15. The number of ether oxygens (including phenoxy) is 2. The van der Waals surface area contributed by atoms with Crippen molar-refractivity contribution >= 4 is 35.3 Å². The molecule has 0 radical (unpaired) electrons. The fourth-order valence-corrected chi connectivity index (χ4v) is 6.24. The molecule has 11 heteroatoms. The first-order valence-corrected chi connectivity index (χ1v) is 16.9. The third-order valence-electron chi connectivity index (χ3n) is 9.25. The number of methoxy groups -OCH3 is 1. The molecule has 3 N–H and O–H groups in total.